The van der Waals surface area contributed by atoms with Crippen molar-refractivity contribution in [3.63, 3.8) is 0 Å². The number of nitrogens with zero attached hydrogens (tertiary/aromatic N) is 1. The van der Waals surface area contributed by atoms with E-state index < -0.39 is 0 Å². The molecule has 0 aliphatic rings. The number of benzene rings is 1. The lowest BCUT2D eigenvalue weighted by Crippen LogP contribution is -1.99. The van der Waals surface area contributed by atoms with Crippen LogP contribution in [0, 0.1) is 20.8 Å². The standard InChI is InChI=1S/C17H24N2O/c1-13-9-6-7-11-17(13)20-12-8-4-5-10-16-14(2)18-19-15(16)3/h6-7,9,11H,4-5,8,10,12H2,1-3H3,(H,18,19). The number of nitrogens with one attached hydrogen (secondary N) is 1. The smallest absolute Gasteiger partial charge is 0.122 e. The van der Waals surface area contributed by atoms with Gasteiger partial charge in [0, 0.05) is 5.69 Å². The van der Waals surface area contributed by atoms with Crippen molar-refractivity contribution in [3.8, 4) is 5.75 Å². The highest BCUT2D eigenvalue weighted by atomic mass is 16.5. The molecule has 3 nitrogen and oxygen atoms in total. The maximum absolute atomic E-state index is 5.80. The largest absolute Gasteiger partial charge is 0.493 e. The number of hydrogen-bond donors (Lipinski definition) is 1. The second-order valence-electron chi connectivity index (χ2n) is 5.34. The van der Waals surface area contributed by atoms with E-state index in [0.717, 1.165) is 30.9 Å². The van der Waals surface area contributed by atoms with Crippen LogP contribution in [0.2, 0.25) is 0 Å². The molecule has 0 bridgehead atoms. The molecule has 1 aromatic heterocycles. The van der Waals surface area contributed by atoms with Gasteiger partial charge in [-0.25, -0.2) is 0 Å². The molecule has 2 aromatic rings. The van der Waals surface area contributed by atoms with Gasteiger partial charge < -0.3 is 4.74 Å². The van der Waals surface area contributed by atoms with Gasteiger partial charge in [0.05, 0.1) is 12.3 Å². The van der Waals surface area contributed by atoms with E-state index in [1.54, 1.807) is 0 Å². The van der Waals surface area contributed by atoms with Crippen LogP contribution in [-0.4, -0.2) is 16.8 Å². The van der Waals surface area contributed by atoms with E-state index in [2.05, 4.69) is 37.0 Å². The number of aryl methyl sites for hydroxylation is 3. The minimum atomic E-state index is 0.800. The van der Waals surface area contributed by atoms with E-state index in [0.29, 0.717) is 0 Å². The first kappa shape index (κ1) is 14.6. The van der Waals surface area contributed by atoms with Crippen molar-refractivity contribution in [2.24, 2.45) is 0 Å². The number of unbranched alkanes of at least 4 members (excludes halogenated alkanes) is 2. The molecule has 1 N–H and O–H groups in total. The average molecular weight is 272 g/mol. The lowest BCUT2D eigenvalue weighted by molar-refractivity contribution is 0.303. The average Bonchev–Trinajstić information content (AvgIpc) is 2.76. The summed E-state index contributed by atoms with van der Waals surface area (Å²) in [7, 11) is 0. The topological polar surface area (TPSA) is 37.9 Å². The molecule has 0 unspecified atom stereocenters. The normalized spacial score (nSPS) is 10.8. The number of aromatic amines is 1. The summed E-state index contributed by atoms with van der Waals surface area (Å²) in [5.41, 5.74) is 4.93. The fourth-order valence-electron chi connectivity index (χ4n) is 2.42. The lowest BCUT2D eigenvalue weighted by Gasteiger charge is -2.08. The zero-order chi connectivity index (χ0) is 14.4. The van der Waals surface area contributed by atoms with Gasteiger partial charge >= 0.3 is 0 Å². The van der Waals surface area contributed by atoms with E-state index >= 15 is 0 Å². The van der Waals surface area contributed by atoms with Gasteiger partial charge in [0.15, 0.2) is 0 Å². The van der Waals surface area contributed by atoms with E-state index in [1.165, 1.54) is 29.7 Å². The fraction of sp³-hybridized carbons (Fsp3) is 0.471. The van der Waals surface area contributed by atoms with Gasteiger partial charge in [-0.15, -0.1) is 0 Å². The van der Waals surface area contributed by atoms with Crippen LogP contribution in [0.15, 0.2) is 24.3 Å². The van der Waals surface area contributed by atoms with Crippen molar-refractivity contribution >= 4 is 0 Å². The molecule has 0 spiro atoms. The molecule has 0 aliphatic carbocycles. The third kappa shape index (κ3) is 3.86. The molecule has 108 valence electrons. The highest BCUT2D eigenvalue weighted by molar-refractivity contribution is 5.31. The van der Waals surface area contributed by atoms with Gasteiger partial charge in [0.2, 0.25) is 0 Å². The number of aromatic nitrogens is 2. The van der Waals surface area contributed by atoms with E-state index in [1.807, 2.05) is 18.2 Å². The Morgan fingerprint density at radius 2 is 1.85 bits per heavy atom. The van der Waals surface area contributed by atoms with Crippen LogP contribution in [-0.2, 0) is 6.42 Å². The molecule has 0 saturated heterocycles. The van der Waals surface area contributed by atoms with Gasteiger partial charge in [-0.1, -0.05) is 18.2 Å². The first-order valence-corrected chi connectivity index (χ1v) is 7.37. The third-order valence-electron chi connectivity index (χ3n) is 3.70. The first-order chi connectivity index (χ1) is 9.68. The van der Waals surface area contributed by atoms with Crippen molar-refractivity contribution in [3.05, 3.63) is 46.8 Å². The molecule has 3 heteroatoms. The number of H-pyrrole nitrogens is 1. The maximum Gasteiger partial charge on any atom is 0.122 e. The SMILES string of the molecule is Cc1ccccc1OCCCCCc1c(C)n[nH]c1C. The highest BCUT2D eigenvalue weighted by Crippen LogP contribution is 2.17. The minimum absolute atomic E-state index is 0.800. The maximum atomic E-state index is 5.80. The Morgan fingerprint density at radius 1 is 1.05 bits per heavy atom. The Kier molecular flexibility index (Phi) is 5.22. The first-order valence-electron chi connectivity index (χ1n) is 7.37. The zero-order valence-corrected chi connectivity index (χ0v) is 12.7. The molecule has 1 aromatic carbocycles. The number of ether oxygens (including phenoxy) is 1. The molecule has 0 saturated carbocycles. The fourth-order valence-corrected chi connectivity index (χ4v) is 2.42. The van der Waals surface area contributed by atoms with Crippen LogP contribution in [0.5, 0.6) is 5.75 Å². The zero-order valence-electron chi connectivity index (χ0n) is 12.7. The lowest BCUT2D eigenvalue weighted by atomic mass is 10.1. The molecule has 2 rings (SSSR count). The Balaban J connectivity index is 1.64. The van der Waals surface area contributed by atoms with Crippen molar-refractivity contribution in [1.82, 2.24) is 10.2 Å². The molecule has 0 atom stereocenters. The molecule has 1 heterocycles. The molecule has 0 aliphatic heterocycles. The molecular weight excluding hydrogens is 248 g/mol. The second-order valence-corrected chi connectivity index (χ2v) is 5.34. The van der Waals surface area contributed by atoms with Gasteiger partial charge in [-0.2, -0.15) is 5.10 Å². The summed E-state index contributed by atoms with van der Waals surface area (Å²) in [6.45, 7) is 7.05. The third-order valence-corrected chi connectivity index (χ3v) is 3.70. The number of para-hydroxylation sites is 1. The van der Waals surface area contributed by atoms with Gasteiger partial charge in [0.25, 0.3) is 0 Å². The molecular formula is C17H24N2O. The van der Waals surface area contributed by atoms with Crippen molar-refractivity contribution in [1.29, 1.82) is 0 Å². The molecule has 20 heavy (non-hydrogen) atoms. The number of hydrogen-bond acceptors (Lipinski definition) is 2. The highest BCUT2D eigenvalue weighted by Gasteiger charge is 2.05. The predicted molar refractivity (Wildman–Crippen MR) is 82.3 cm³/mol. The van der Waals surface area contributed by atoms with Crippen LogP contribution < -0.4 is 4.74 Å². The minimum Gasteiger partial charge on any atom is -0.493 e. The summed E-state index contributed by atoms with van der Waals surface area (Å²) < 4.78 is 5.80. The molecule has 0 radical (unpaired) electrons. The van der Waals surface area contributed by atoms with E-state index in [-0.39, 0.29) is 0 Å². The summed E-state index contributed by atoms with van der Waals surface area (Å²) >= 11 is 0. The Hall–Kier alpha value is -1.77. The van der Waals surface area contributed by atoms with Crippen molar-refractivity contribution in [2.45, 2.75) is 46.5 Å². The van der Waals surface area contributed by atoms with Crippen molar-refractivity contribution in [2.75, 3.05) is 6.61 Å². The van der Waals surface area contributed by atoms with Crippen LogP contribution in [0.4, 0.5) is 0 Å². The van der Waals surface area contributed by atoms with Crippen LogP contribution in [0.1, 0.15) is 41.8 Å². The monoisotopic (exact) mass is 272 g/mol. The summed E-state index contributed by atoms with van der Waals surface area (Å²) in [6, 6.07) is 8.18. The van der Waals surface area contributed by atoms with Gasteiger partial charge in [-0.3, -0.25) is 5.10 Å². The quantitative estimate of drug-likeness (QED) is 0.770. The predicted octanol–water partition coefficient (Wildman–Crippen LogP) is 4.13. The molecule has 0 amide bonds. The number of rotatable bonds is 7. The van der Waals surface area contributed by atoms with Crippen LogP contribution in [0.25, 0.3) is 0 Å². The summed E-state index contributed by atoms with van der Waals surface area (Å²) in [5.74, 6) is 1.01. The van der Waals surface area contributed by atoms with Crippen LogP contribution in [0.3, 0.4) is 0 Å². The Bertz CT molecular complexity index is 526. The van der Waals surface area contributed by atoms with Crippen LogP contribution >= 0.6 is 0 Å². The summed E-state index contributed by atoms with van der Waals surface area (Å²) in [6.07, 6.45) is 4.59. The second kappa shape index (κ2) is 7.13. The van der Waals surface area contributed by atoms with Gasteiger partial charge in [-0.05, 0) is 63.6 Å². The van der Waals surface area contributed by atoms with E-state index in [4.69, 9.17) is 4.74 Å². The Labute approximate surface area is 121 Å². The Morgan fingerprint density at radius 3 is 2.55 bits per heavy atom. The van der Waals surface area contributed by atoms with Crippen molar-refractivity contribution < 1.29 is 4.74 Å². The summed E-state index contributed by atoms with van der Waals surface area (Å²) in [5, 5.41) is 7.27. The summed E-state index contributed by atoms with van der Waals surface area (Å²) in [4.78, 5) is 0. The molecule has 0 fully saturated rings. The van der Waals surface area contributed by atoms with Gasteiger partial charge in [0.1, 0.15) is 5.75 Å². The van der Waals surface area contributed by atoms with E-state index in [9.17, 15) is 0 Å².